The zero-order valence-corrected chi connectivity index (χ0v) is 16.6. The first-order valence-corrected chi connectivity index (χ1v) is 8.59. The van der Waals surface area contributed by atoms with Gasteiger partial charge in [-0.2, -0.15) is 0 Å². The van der Waals surface area contributed by atoms with Gasteiger partial charge in [-0.1, -0.05) is 24.6 Å². The Morgan fingerprint density at radius 2 is 2.00 bits per heavy atom. The molecule has 2 fully saturated rings. The van der Waals surface area contributed by atoms with Crippen LogP contribution in [-0.2, 0) is 4.79 Å². The van der Waals surface area contributed by atoms with Crippen LogP contribution in [-0.4, -0.2) is 42.9 Å². The fourth-order valence-corrected chi connectivity index (χ4v) is 3.50. The molecule has 0 unspecified atom stereocenters. The topological polar surface area (TPSA) is 56.7 Å². The fraction of sp³-hybridized carbons (Fsp3) is 0.556. The number of carbonyl (C=O) groups is 1. The maximum Gasteiger partial charge on any atom is 0.246 e. The molecule has 24 heavy (non-hydrogen) atoms. The quantitative estimate of drug-likeness (QED) is 0.428. The van der Waals surface area contributed by atoms with Crippen molar-refractivity contribution in [3.8, 4) is 0 Å². The summed E-state index contributed by atoms with van der Waals surface area (Å²) in [6.45, 7) is 5.17. The number of amides is 1. The summed E-state index contributed by atoms with van der Waals surface area (Å²) < 4.78 is 0. The van der Waals surface area contributed by atoms with E-state index in [2.05, 4.69) is 27.4 Å². The molecule has 1 aliphatic heterocycles. The number of rotatable bonds is 4. The van der Waals surface area contributed by atoms with E-state index in [1.54, 1.807) is 0 Å². The van der Waals surface area contributed by atoms with Crippen LogP contribution in [0.4, 0.5) is 5.69 Å². The predicted molar refractivity (Wildman–Crippen MR) is 109 cm³/mol. The first kappa shape index (κ1) is 19.0. The Balaban J connectivity index is 0.00000208. The highest BCUT2D eigenvalue weighted by atomic mass is 127. The van der Waals surface area contributed by atoms with Gasteiger partial charge in [0.05, 0.1) is 0 Å². The minimum absolute atomic E-state index is 0. The van der Waals surface area contributed by atoms with Gasteiger partial charge < -0.3 is 15.5 Å². The van der Waals surface area contributed by atoms with Crippen molar-refractivity contribution in [1.29, 1.82) is 0 Å². The number of nitrogens with zero attached hydrogens (tertiary/aromatic N) is 2. The minimum atomic E-state index is -0.0795. The summed E-state index contributed by atoms with van der Waals surface area (Å²) >= 11 is 0. The second-order valence-corrected chi connectivity index (χ2v) is 6.61. The molecule has 1 aromatic carbocycles. The average molecular weight is 442 g/mol. The lowest BCUT2D eigenvalue weighted by Gasteiger charge is -2.38. The van der Waals surface area contributed by atoms with E-state index in [0.717, 1.165) is 31.3 Å². The number of hydrogen-bond acceptors (Lipinski definition) is 2. The number of anilines is 1. The number of likely N-dealkylation sites (tertiary alicyclic amines) is 1. The molecular formula is C18H27IN4O. The maximum atomic E-state index is 12.1. The lowest BCUT2D eigenvalue weighted by atomic mass is 9.68. The van der Waals surface area contributed by atoms with Crippen molar-refractivity contribution in [2.45, 2.75) is 32.6 Å². The van der Waals surface area contributed by atoms with E-state index in [-0.39, 0.29) is 36.4 Å². The Kier molecular flexibility index (Phi) is 6.89. The van der Waals surface area contributed by atoms with E-state index in [4.69, 9.17) is 0 Å². The van der Waals surface area contributed by atoms with E-state index < -0.39 is 0 Å². The molecule has 1 aromatic rings. The summed E-state index contributed by atoms with van der Waals surface area (Å²) in [5.74, 6) is 0.795. The minimum Gasteiger partial charge on any atom is -0.357 e. The summed E-state index contributed by atoms with van der Waals surface area (Å²) in [5, 5.41) is 6.20. The zero-order chi connectivity index (χ0) is 16.1. The third kappa shape index (κ3) is 4.62. The molecule has 1 saturated carbocycles. The molecule has 132 valence electrons. The van der Waals surface area contributed by atoms with Gasteiger partial charge in [0.2, 0.25) is 5.91 Å². The summed E-state index contributed by atoms with van der Waals surface area (Å²) in [5.41, 5.74) is 1.34. The van der Waals surface area contributed by atoms with E-state index >= 15 is 0 Å². The standard InChI is InChI=1S/C18H26N4O.HI/c1-2-19-17(22-12-11-18(14-22)9-6-10-18)20-13-16(23)21-15-7-4-3-5-8-15;/h3-5,7-8H,2,6,9-14H2,1H3,(H,19,20)(H,21,23);1H. The van der Waals surface area contributed by atoms with Crippen LogP contribution in [0, 0.1) is 5.41 Å². The van der Waals surface area contributed by atoms with Crippen molar-refractivity contribution >= 4 is 41.5 Å². The van der Waals surface area contributed by atoms with Crippen LogP contribution >= 0.6 is 24.0 Å². The number of carbonyl (C=O) groups excluding carboxylic acids is 1. The molecule has 1 amide bonds. The number of halogens is 1. The largest absolute Gasteiger partial charge is 0.357 e. The van der Waals surface area contributed by atoms with Crippen molar-refractivity contribution in [3.05, 3.63) is 30.3 Å². The number of para-hydroxylation sites is 1. The van der Waals surface area contributed by atoms with Crippen LogP contribution < -0.4 is 10.6 Å². The molecule has 1 heterocycles. The SMILES string of the molecule is CCNC(=NCC(=O)Nc1ccccc1)N1CCC2(CCC2)C1.I. The Hall–Kier alpha value is -1.31. The Morgan fingerprint density at radius 1 is 1.25 bits per heavy atom. The third-order valence-corrected chi connectivity index (χ3v) is 4.92. The van der Waals surface area contributed by atoms with Crippen LogP contribution in [0.5, 0.6) is 0 Å². The third-order valence-electron chi connectivity index (χ3n) is 4.92. The Morgan fingerprint density at radius 3 is 2.58 bits per heavy atom. The molecule has 1 aliphatic carbocycles. The molecule has 0 radical (unpaired) electrons. The predicted octanol–water partition coefficient (Wildman–Crippen LogP) is 3.08. The molecule has 0 atom stereocenters. The van der Waals surface area contributed by atoms with Crippen molar-refractivity contribution < 1.29 is 4.79 Å². The number of guanidine groups is 1. The van der Waals surface area contributed by atoms with Gasteiger partial charge in [-0.05, 0) is 43.7 Å². The molecule has 0 bridgehead atoms. The van der Waals surface area contributed by atoms with Crippen LogP contribution in [0.3, 0.4) is 0 Å². The second-order valence-electron chi connectivity index (χ2n) is 6.61. The summed E-state index contributed by atoms with van der Waals surface area (Å²) in [7, 11) is 0. The monoisotopic (exact) mass is 442 g/mol. The zero-order valence-electron chi connectivity index (χ0n) is 14.3. The molecule has 3 rings (SSSR count). The molecule has 1 spiro atoms. The number of aliphatic imine (C=N–C) groups is 1. The van der Waals surface area contributed by atoms with Crippen LogP contribution in [0.25, 0.3) is 0 Å². The molecular weight excluding hydrogens is 415 g/mol. The van der Waals surface area contributed by atoms with Crippen LogP contribution in [0.1, 0.15) is 32.6 Å². The van der Waals surface area contributed by atoms with Crippen molar-refractivity contribution in [2.75, 3.05) is 31.5 Å². The molecule has 2 N–H and O–H groups in total. The second kappa shape index (κ2) is 8.69. The Labute approximate surface area is 161 Å². The number of benzene rings is 1. The highest BCUT2D eigenvalue weighted by Gasteiger charge is 2.43. The van der Waals surface area contributed by atoms with Gasteiger partial charge in [0.25, 0.3) is 0 Å². The fourth-order valence-electron chi connectivity index (χ4n) is 3.50. The lowest BCUT2D eigenvalue weighted by molar-refractivity contribution is -0.114. The smallest absolute Gasteiger partial charge is 0.246 e. The summed E-state index contributed by atoms with van der Waals surface area (Å²) in [6.07, 6.45) is 5.31. The normalized spacial score (nSPS) is 18.7. The van der Waals surface area contributed by atoms with Crippen molar-refractivity contribution in [2.24, 2.45) is 10.4 Å². The molecule has 6 heteroatoms. The van der Waals surface area contributed by atoms with Crippen molar-refractivity contribution in [3.63, 3.8) is 0 Å². The lowest BCUT2D eigenvalue weighted by Crippen LogP contribution is -2.43. The van der Waals surface area contributed by atoms with Gasteiger partial charge in [0, 0.05) is 25.3 Å². The molecule has 5 nitrogen and oxygen atoms in total. The average Bonchev–Trinajstić information content (AvgIpc) is 2.98. The number of hydrogen-bond donors (Lipinski definition) is 2. The Bertz CT molecular complexity index is 572. The van der Waals surface area contributed by atoms with Gasteiger partial charge in [-0.15, -0.1) is 24.0 Å². The van der Waals surface area contributed by atoms with Gasteiger partial charge in [0.15, 0.2) is 5.96 Å². The summed E-state index contributed by atoms with van der Waals surface area (Å²) in [4.78, 5) is 18.9. The van der Waals surface area contributed by atoms with E-state index in [9.17, 15) is 4.79 Å². The van der Waals surface area contributed by atoms with Crippen LogP contribution in [0.15, 0.2) is 35.3 Å². The van der Waals surface area contributed by atoms with Crippen LogP contribution in [0.2, 0.25) is 0 Å². The van der Waals surface area contributed by atoms with Gasteiger partial charge >= 0.3 is 0 Å². The number of nitrogens with one attached hydrogen (secondary N) is 2. The molecule has 1 saturated heterocycles. The first-order chi connectivity index (χ1) is 11.2. The van der Waals surface area contributed by atoms with Crippen molar-refractivity contribution in [1.82, 2.24) is 10.2 Å². The van der Waals surface area contributed by atoms with E-state index in [0.29, 0.717) is 5.41 Å². The molecule has 2 aliphatic rings. The van der Waals surface area contributed by atoms with E-state index in [1.807, 2.05) is 30.3 Å². The first-order valence-electron chi connectivity index (χ1n) is 8.59. The highest BCUT2D eigenvalue weighted by molar-refractivity contribution is 14.0. The highest BCUT2D eigenvalue weighted by Crippen LogP contribution is 2.47. The molecule has 0 aromatic heterocycles. The van der Waals surface area contributed by atoms with Gasteiger partial charge in [-0.25, -0.2) is 4.99 Å². The van der Waals surface area contributed by atoms with Gasteiger partial charge in [-0.3, -0.25) is 4.79 Å². The maximum absolute atomic E-state index is 12.1. The van der Waals surface area contributed by atoms with E-state index in [1.165, 1.54) is 25.7 Å². The summed E-state index contributed by atoms with van der Waals surface area (Å²) in [6, 6.07) is 9.51. The van der Waals surface area contributed by atoms with Gasteiger partial charge in [0.1, 0.15) is 6.54 Å².